The third-order valence-electron chi connectivity index (χ3n) is 4.52. The maximum atomic E-state index is 12.9. The van der Waals surface area contributed by atoms with Crippen molar-refractivity contribution in [3.05, 3.63) is 29.3 Å². The van der Waals surface area contributed by atoms with E-state index in [-0.39, 0.29) is 5.91 Å². The second-order valence-corrected chi connectivity index (χ2v) is 8.02. The summed E-state index contributed by atoms with van der Waals surface area (Å²) in [5.74, 6) is -2.00. The Hall–Kier alpha value is -1.22. The Bertz CT molecular complexity index is 706. The van der Waals surface area contributed by atoms with E-state index in [0.717, 1.165) is 0 Å². The number of carbonyl (C=O) groups is 1. The van der Waals surface area contributed by atoms with Crippen LogP contribution in [0.25, 0.3) is 0 Å². The third kappa shape index (κ3) is 3.35. The van der Waals surface area contributed by atoms with Crippen LogP contribution in [0.4, 0.5) is 5.69 Å². The van der Waals surface area contributed by atoms with Crippen molar-refractivity contribution in [2.45, 2.75) is 70.0 Å². The molecule has 0 saturated carbocycles. The highest BCUT2D eigenvalue weighted by atomic mass is 35.5. The largest absolute Gasteiger partial charge is 0.342 e. The summed E-state index contributed by atoms with van der Waals surface area (Å²) >= 11 is 5.88. The van der Waals surface area contributed by atoms with E-state index in [2.05, 4.69) is 5.32 Å². The van der Waals surface area contributed by atoms with E-state index in [9.17, 15) is 4.79 Å². The lowest BCUT2D eigenvalue weighted by molar-refractivity contribution is -0.229. The first kappa shape index (κ1) is 18.2. The summed E-state index contributed by atoms with van der Waals surface area (Å²) in [4.78, 5) is 12.9. The van der Waals surface area contributed by atoms with Gasteiger partial charge in [0.1, 0.15) is 18.3 Å². The molecule has 4 rings (SSSR count). The molecule has 1 amide bonds. The van der Waals surface area contributed by atoms with Gasteiger partial charge in [0.2, 0.25) is 0 Å². The van der Waals surface area contributed by atoms with Gasteiger partial charge < -0.3 is 29.0 Å². The Labute approximate surface area is 156 Å². The molecule has 3 aliphatic heterocycles. The minimum Gasteiger partial charge on any atom is -0.342 e. The molecule has 1 aromatic carbocycles. The van der Waals surface area contributed by atoms with E-state index in [1.807, 2.05) is 0 Å². The number of rotatable bonds is 2. The monoisotopic (exact) mass is 383 g/mol. The second kappa shape index (κ2) is 6.15. The molecule has 0 bridgehead atoms. The summed E-state index contributed by atoms with van der Waals surface area (Å²) in [5.41, 5.74) is 0.615. The normalized spacial score (nSPS) is 37.0. The third-order valence-corrected chi connectivity index (χ3v) is 4.78. The molecule has 0 spiro atoms. The van der Waals surface area contributed by atoms with Gasteiger partial charge >= 0.3 is 0 Å². The van der Waals surface area contributed by atoms with Gasteiger partial charge in [0.05, 0.1) is 0 Å². The van der Waals surface area contributed by atoms with Crippen LogP contribution in [0.3, 0.4) is 0 Å². The second-order valence-electron chi connectivity index (χ2n) is 7.59. The molecule has 0 unspecified atom stereocenters. The van der Waals surface area contributed by atoms with E-state index < -0.39 is 42.3 Å². The van der Waals surface area contributed by atoms with E-state index in [0.29, 0.717) is 10.7 Å². The van der Waals surface area contributed by atoms with Crippen LogP contribution in [0, 0.1) is 0 Å². The molecule has 8 heteroatoms. The summed E-state index contributed by atoms with van der Waals surface area (Å²) < 4.78 is 29.6. The molecule has 3 aliphatic rings. The fraction of sp³-hybridized carbons (Fsp3) is 0.611. The molecule has 5 atom stereocenters. The number of hydrogen-bond donors (Lipinski definition) is 1. The Morgan fingerprint density at radius 3 is 2.19 bits per heavy atom. The van der Waals surface area contributed by atoms with Crippen molar-refractivity contribution in [3.8, 4) is 0 Å². The van der Waals surface area contributed by atoms with Crippen molar-refractivity contribution in [3.63, 3.8) is 0 Å². The molecule has 0 radical (unpaired) electrons. The van der Waals surface area contributed by atoms with Gasteiger partial charge in [-0.3, -0.25) is 4.79 Å². The van der Waals surface area contributed by atoms with Crippen LogP contribution in [0.2, 0.25) is 5.02 Å². The van der Waals surface area contributed by atoms with E-state index in [1.54, 1.807) is 52.0 Å². The van der Waals surface area contributed by atoms with Gasteiger partial charge in [0, 0.05) is 10.7 Å². The average Bonchev–Trinajstić information content (AvgIpc) is 3.02. The molecule has 1 aromatic rings. The highest BCUT2D eigenvalue weighted by Crippen LogP contribution is 2.44. The topological polar surface area (TPSA) is 75.3 Å². The number of hydrogen-bond acceptors (Lipinski definition) is 6. The maximum absolute atomic E-state index is 12.9. The van der Waals surface area contributed by atoms with Crippen LogP contribution >= 0.6 is 11.6 Å². The van der Waals surface area contributed by atoms with Crippen molar-refractivity contribution in [2.75, 3.05) is 5.32 Å². The van der Waals surface area contributed by atoms with Crippen molar-refractivity contribution >= 4 is 23.2 Å². The smallest absolute Gasteiger partial charge is 0.256 e. The van der Waals surface area contributed by atoms with E-state index >= 15 is 0 Å². The average molecular weight is 384 g/mol. The van der Waals surface area contributed by atoms with Gasteiger partial charge in [0.25, 0.3) is 5.91 Å². The SMILES string of the molecule is CC1(C)O[C@H]2[C@@H](O1)[C@H](C(=O)Nc1ccc(Cl)cc1)O[C@@H]1OC(C)(C)O[C@@H]12. The van der Waals surface area contributed by atoms with Gasteiger partial charge in [-0.15, -0.1) is 0 Å². The molecule has 1 N–H and O–H groups in total. The summed E-state index contributed by atoms with van der Waals surface area (Å²) in [5, 5.41) is 3.42. The molecule has 7 nitrogen and oxygen atoms in total. The number of fused-ring (bicyclic) bond motifs is 3. The van der Waals surface area contributed by atoms with Crippen molar-refractivity contribution in [1.29, 1.82) is 0 Å². The minimum atomic E-state index is -0.892. The number of carbonyl (C=O) groups excluding carboxylic acids is 1. The number of anilines is 1. The molecule has 26 heavy (non-hydrogen) atoms. The number of ether oxygens (including phenoxy) is 5. The zero-order valence-electron chi connectivity index (χ0n) is 15.0. The Kier molecular flexibility index (Phi) is 4.30. The van der Waals surface area contributed by atoms with Crippen molar-refractivity contribution < 1.29 is 28.5 Å². The standard InChI is InChI=1S/C18H22ClNO6/c1-17(2)23-11-12(24-17)14-16(26-18(3,4)25-14)22-13(11)15(21)20-10-7-5-9(19)6-8-10/h5-8,11-14,16H,1-4H3,(H,20,21)/t11-,12+,13-,14-,16-/m1/s1. The zero-order chi connectivity index (χ0) is 18.7. The van der Waals surface area contributed by atoms with Crippen LogP contribution in [0.15, 0.2) is 24.3 Å². The number of amides is 1. The lowest BCUT2D eigenvalue weighted by Crippen LogP contribution is -2.58. The van der Waals surface area contributed by atoms with Crippen LogP contribution in [-0.2, 0) is 28.5 Å². The fourth-order valence-electron chi connectivity index (χ4n) is 3.57. The first-order chi connectivity index (χ1) is 12.1. The zero-order valence-corrected chi connectivity index (χ0v) is 15.8. The summed E-state index contributed by atoms with van der Waals surface area (Å²) in [6.07, 6.45) is -3.13. The van der Waals surface area contributed by atoms with Gasteiger partial charge in [0.15, 0.2) is 24.0 Å². The molecule has 0 aromatic heterocycles. The highest BCUT2D eigenvalue weighted by molar-refractivity contribution is 6.30. The lowest BCUT2D eigenvalue weighted by Gasteiger charge is -2.36. The molecular formula is C18H22ClNO6. The van der Waals surface area contributed by atoms with Crippen LogP contribution < -0.4 is 5.32 Å². The van der Waals surface area contributed by atoms with Crippen molar-refractivity contribution in [1.82, 2.24) is 0 Å². The van der Waals surface area contributed by atoms with Gasteiger partial charge in [-0.2, -0.15) is 0 Å². The summed E-state index contributed by atoms with van der Waals surface area (Å²) in [6.45, 7) is 7.20. The Balaban J connectivity index is 1.57. The van der Waals surface area contributed by atoms with Crippen molar-refractivity contribution in [2.24, 2.45) is 0 Å². The minimum absolute atomic E-state index is 0.338. The van der Waals surface area contributed by atoms with Gasteiger partial charge in [-0.25, -0.2) is 0 Å². The summed E-state index contributed by atoms with van der Waals surface area (Å²) in [6, 6.07) is 6.84. The lowest BCUT2D eigenvalue weighted by atomic mass is 9.98. The van der Waals surface area contributed by atoms with Crippen LogP contribution in [0.5, 0.6) is 0 Å². The number of halogens is 1. The molecule has 3 heterocycles. The van der Waals surface area contributed by atoms with Gasteiger partial charge in [-0.1, -0.05) is 11.6 Å². The predicted octanol–water partition coefficient (Wildman–Crippen LogP) is 2.68. The highest BCUT2D eigenvalue weighted by Gasteiger charge is 2.62. The first-order valence-electron chi connectivity index (χ1n) is 8.57. The molecule has 0 aliphatic carbocycles. The molecule has 142 valence electrons. The van der Waals surface area contributed by atoms with Crippen LogP contribution in [-0.4, -0.2) is 48.2 Å². The number of nitrogens with one attached hydrogen (secondary N) is 1. The first-order valence-corrected chi connectivity index (χ1v) is 8.95. The maximum Gasteiger partial charge on any atom is 0.256 e. The molecule has 3 fully saturated rings. The number of benzene rings is 1. The fourth-order valence-corrected chi connectivity index (χ4v) is 3.70. The van der Waals surface area contributed by atoms with Crippen LogP contribution in [0.1, 0.15) is 27.7 Å². The Morgan fingerprint density at radius 1 is 0.923 bits per heavy atom. The van der Waals surface area contributed by atoms with E-state index in [1.165, 1.54) is 0 Å². The molecule has 3 saturated heterocycles. The van der Waals surface area contributed by atoms with Gasteiger partial charge in [-0.05, 0) is 52.0 Å². The quantitative estimate of drug-likeness (QED) is 0.846. The molecular weight excluding hydrogens is 362 g/mol. The van der Waals surface area contributed by atoms with E-state index in [4.69, 9.17) is 35.3 Å². The Morgan fingerprint density at radius 2 is 1.50 bits per heavy atom. The predicted molar refractivity (Wildman–Crippen MR) is 92.6 cm³/mol. The summed E-state index contributed by atoms with van der Waals surface area (Å²) in [7, 11) is 0.